The average Bonchev–Trinajstić information content (AvgIpc) is 2.53. The molecular formula is C16H20N4O2. The third-order valence-electron chi connectivity index (χ3n) is 3.19. The fourth-order valence-corrected chi connectivity index (χ4v) is 2.07. The molecule has 1 aromatic heterocycles. The number of hydrogen-bond acceptors (Lipinski definition) is 5. The normalized spacial score (nSPS) is 10.6. The Balaban J connectivity index is 1.67. The second-order valence-electron chi connectivity index (χ2n) is 5.10. The van der Waals surface area contributed by atoms with Crippen LogP contribution in [-0.2, 0) is 6.54 Å². The summed E-state index contributed by atoms with van der Waals surface area (Å²) in [7, 11) is 2.09. The number of benzene rings is 1. The van der Waals surface area contributed by atoms with Gasteiger partial charge in [-0.05, 0) is 25.6 Å². The van der Waals surface area contributed by atoms with Gasteiger partial charge in [0.25, 0.3) is 0 Å². The van der Waals surface area contributed by atoms with Crippen molar-refractivity contribution in [2.75, 3.05) is 25.5 Å². The number of nitrogens with zero attached hydrogens (tertiary/aromatic N) is 3. The van der Waals surface area contributed by atoms with Crippen LogP contribution in [0, 0.1) is 0 Å². The van der Waals surface area contributed by atoms with Crippen molar-refractivity contribution in [3.8, 4) is 0 Å². The Hall–Kier alpha value is -2.47. The first-order chi connectivity index (χ1) is 10.6. The number of hydrogen-bond donors (Lipinski definition) is 2. The summed E-state index contributed by atoms with van der Waals surface area (Å²) in [5.74, 6) is -0.475. The minimum atomic E-state index is -1.07. The molecular weight excluding hydrogens is 280 g/mol. The van der Waals surface area contributed by atoms with Gasteiger partial charge in [0.15, 0.2) is 5.69 Å². The molecule has 6 heteroatoms. The molecule has 22 heavy (non-hydrogen) atoms. The summed E-state index contributed by atoms with van der Waals surface area (Å²) in [5, 5.41) is 11.9. The zero-order chi connectivity index (χ0) is 15.8. The van der Waals surface area contributed by atoms with Gasteiger partial charge in [-0.25, -0.2) is 14.8 Å². The smallest absolute Gasteiger partial charge is 0.356 e. The molecule has 116 valence electrons. The minimum absolute atomic E-state index is 0.0480. The van der Waals surface area contributed by atoms with Crippen molar-refractivity contribution in [1.29, 1.82) is 0 Å². The molecule has 0 radical (unpaired) electrons. The zero-order valence-electron chi connectivity index (χ0n) is 12.6. The maximum Gasteiger partial charge on any atom is 0.356 e. The van der Waals surface area contributed by atoms with Crippen molar-refractivity contribution in [2.45, 2.75) is 13.0 Å². The van der Waals surface area contributed by atoms with Crippen LogP contribution in [0.3, 0.4) is 0 Å². The van der Waals surface area contributed by atoms with E-state index in [0.717, 1.165) is 26.1 Å². The lowest BCUT2D eigenvalue weighted by Crippen LogP contribution is -2.21. The zero-order valence-corrected chi connectivity index (χ0v) is 12.6. The molecule has 0 aliphatic heterocycles. The summed E-state index contributed by atoms with van der Waals surface area (Å²) >= 11 is 0. The Morgan fingerprint density at radius 2 is 2.00 bits per heavy atom. The predicted octanol–water partition coefficient (Wildman–Crippen LogP) is 2.11. The van der Waals surface area contributed by atoms with Gasteiger partial charge in [-0.1, -0.05) is 30.3 Å². The van der Waals surface area contributed by atoms with Crippen molar-refractivity contribution in [3.63, 3.8) is 0 Å². The number of carboxylic acids is 1. The summed E-state index contributed by atoms with van der Waals surface area (Å²) in [4.78, 5) is 20.8. The van der Waals surface area contributed by atoms with Crippen molar-refractivity contribution in [2.24, 2.45) is 0 Å². The summed E-state index contributed by atoms with van der Waals surface area (Å²) in [6, 6.07) is 10.3. The fraction of sp³-hybridized carbons (Fsp3) is 0.312. The van der Waals surface area contributed by atoms with Crippen LogP contribution in [0.25, 0.3) is 0 Å². The first-order valence-electron chi connectivity index (χ1n) is 7.17. The molecule has 0 saturated heterocycles. The quantitative estimate of drug-likeness (QED) is 0.727. The maximum absolute atomic E-state index is 10.7. The van der Waals surface area contributed by atoms with Crippen molar-refractivity contribution < 1.29 is 9.90 Å². The lowest BCUT2D eigenvalue weighted by atomic mass is 10.2. The van der Waals surface area contributed by atoms with E-state index in [1.807, 2.05) is 18.2 Å². The molecule has 0 bridgehead atoms. The molecule has 0 fully saturated rings. The van der Waals surface area contributed by atoms with E-state index in [1.54, 1.807) is 0 Å². The fourth-order valence-electron chi connectivity index (χ4n) is 2.07. The average molecular weight is 300 g/mol. The third-order valence-corrected chi connectivity index (χ3v) is 3.19. The Morgan fingerprint density at radius 3 is 2.64 bits per heavy atom. The number of anilines is 1. The van der Waals surface area contributed by atoms with Gasteiger partial charge in [-0.15, -0.1) is 0 Å². The Kier molecular flexibility index (Phi) is 5.85. The molecule has 6 nitrogen and oxygen atoms in total. The monoisotopic (exact) mass is 300 g/mol. The second kappa shape index (κ2) is 8.09. The molecule has 0 unspecified atom stereocenters. The largest absolute Gasteiger partial charge is 0.476 e. The Labute approximate surface area is 129 Å². The number of carboxylic acid groups (broad SMARTS) is 1. The van der Waals surface area contributed by atoms with Gasteiger partial charge in [0.2, 0.25) is 0 Å². The molecule has 2 rings (SSSR count). The van der Waals surface area contributed by atoms with Crippen molar-refractivity contribution in [1.82, 2.24) is 14.9 Å². The van der Waals surface area contributed by atoms with Crippen LogP contribution in [0.1, 0.15) is 22.5 Å². The molecule has 0 saturated carbocycles. The first-order valence-corrected chi connectivity index (χ1v) is 7.17. The van der Waals surface area contributed by atoms with Crippen LogP contribution in [0.2, 0.25) is 0 Å². The highest BCUT2D eigenvalue weighted by Gasteiger charge is 2.04. The number of aromatic carboxylic acids is 1. The predicted molar refractivity (Wildman–Crippen MR) is 84.9 cm³/mol. The highest BCUT2D eigenvalue weighted by Crippen LogP contribution is 2.04. The van der Waals surface area contributed by atoms with Crippen LogP contribution in [0.15, 0.2) is 42.7 Å². The lowest BCUT2D eigenvalue weighted by Gasteiger charge is -2.16. The van der Waals surface area contributed by atoms with Gasteiger partial charge in [0.05, 0.1) is 12.4 Å². The molecule has 0 spiro atoms. The SMILES string of the molecule is CN(CCCNc1cnc(C(=O)O)cn1)Cc1ccccc1. The molecule has 0 amide bonds. The lowest BCUT2D eigenvalue weighted by molar-refractivity contribution is 0.0690. The Morgan fingerprint density at radius 1 is 1.23 bits per heavy atom. The van der Waals surface area contributed by atoms with Crippen LogP contribution >= 0.6 is 0 Å². The molecule has 2 aromatic rings. The van der Waals surface area contributed by atoms with Gasteiger partial charge in [-0.2, -0.15) is 0 Å². The second-order valence-corrected chi connectivity index (χ2v) is 5.10. The van der Waals surface area contributed by atoms with Crippen molar-refractivity contribution in [3.05, 3.63) is 54.0 Å². The van der Waals surface area contributed by atoms with Gasteiger partial charge in [0.1, 0.15) is 5.82 Å². The van der Waals surface area contributed by atoms with E-state index in [2.05, 4.69) is 39.4 Å². The third kappa shape index (κ3) is 5.14. The molecule has 1 aromatic carbocycles. The first kappa shape index (κ1) is 15.9. The van der Waals surface area contributed by atoms with Crippen LogP contribution < -0.4 is 5.32 Å². The molecule has 0 aliphatic carbocycles. The summed E-state index contributed by atoms with van der Waals surface area (Å²) in [5.41, 5.74) is 1.25. The van der Waals surface area contributed by atoms with E-state index in [1.165, 1.54) is 18.0 Å². The Bertz CT molecular complexity index is 587. The highest BCUT2D eigenvalue weighted by atomic mass is 16.4. The van der Waals surface area contributed by atoms with Crippen LogP contribution in [0.4, 0.5) is 5.82 Å². The highest BCUT2D eigenvalue weighted by molar-refractivity contribution is 5.84. The number of nitrogens with one attached hydrogen (secondary N) is 1. The van der Waals surface area contributed by atoms with Gasteiger partial charge in [0, 0.05) is 13.1 Å². The maximum atomic E-state index is 10.7. The molecule has 1 heterocycles. The molecule has 2 N–H and O–H groups in total. The standard InChI is InChI=1S/C16H20N4O2/c1-20(12-13-6-3-2-4-7-13)9-5-8-17-15-11-18-14(10-19-15)16(21)22/h2-4,6-7,10-11H,5,8-9,12H2,1H3,(H,17,19)(H,21,22). The van der Waals surface area contributed by atoms with Gasteiger partial charge < -0.3 is 15.3 Å². The number of carbonyl (C=O) groups is 1. The van der Waals surface area contributed by atoms with E-state index in [4.69, 9.17) is 5.11 Å². The van der Waals surface area contributed by atoms with E-state index in [0.29, 0.717) is 5.82 Å². The summed E-state index contributed by atoms with van der Waals surface area (Å²) in [6.07, 6.45) is 3.66. The van der Waals surface area contributed by atoms with Crippen LogP contribution in [-0.4, -0.2) is 46.1 Å². The topological polar surface area (TPSA) is 78.4 Å². The summed E-state index contributed by atoms with van der Waals surface area (Å²) < 4.78 is 0. The number of rotatable bonds is 8. The van der Waals surface area contributed by atoms with E-state index < -0.39 is 5.97 Å². The van der Waals surface area contributed by atoms with E-state index in [-0.39, 0.29) is 5.69 Å². The number of aromatic nitrogens is 2. The van der Waals surface area contributed by atoms with Gasteiger partial charge >= 0.3 is 5.97 Å². The van der Waals surface area contributed by atoms with Crippen molar-refractivity contribution >= 4 is 11.8 Å². The van der Waals surface area contributed by atoms with Crippen LogP contribution in [0.5, 0.6) is 0 Å². The summed E-state index contributed by atoms with van der Waals surface area (Å²) in [6.45, 7) is 2.65. The molecule has 0 atom stereocenters. The minimum Gasteiger partial charge on any atom is -0.476 e. The van der Waals surface area contributed by atoms with E-state index in [9.17, 15) is 4.79 Å². The van der Waals surface area contributed by atoms with E-state index >= 15 is 0 Å². The molecule has 0 aliphatic rings. The van der Waals surface area contributed by atoms with Gasteiger partial charge in [-0.3, -0.25) is 0 Å².